The van der Waals surface area contributed by atoms with E-state index in [0.29, 0.717) is 24.0 Å². The molecule has 5 nitrogen and oxygen atoms in total. The Bertz CT molecular complexity index is 462. The molecule has 0 aliphatic carbocycles. The van der Waals surface area contributed by atoms with Crippen LogP contribution in [0.2, 0.25) is 0 Å². The SMILES string of the molecule is CC(C)N1CCOC(COc2ccccc2C(=N)N)C1. The van der Waals surface area contributed by atoms with Gasteiger partial charge in [0.1, 0.15) is 24.3 Å². The molecule has 110 valence electrons. The average Bonchev–Trinajstić information content (AvgIpc) is 2.45. The second kappa shape index (κ2) is 6.72. The van der Waals surface area contributed by atoms with Gasteiger partial charge in [-0.2, -0.15) is 0 Å². The van der Waals surface area contributed by atoms with Gasteiger partial charge in [-0.15, -0.1) is 0 Å². The van der Waals surface area contributed by atoms with Crippen LogP contribution in [0.3, 0.4) is 0 Å². The normalized spacial score (nSPS) is 20.1. The number of nitrogen functional groups attached to an aromatic ring is 1. The number of nitrogens with one attached hydrogen (secondary N) is 1. The van der Waals surface area contributed by atoms with Gasteiger partial charge in [-0.25, -0.2) is 0 Å². The molecule has 0 saturated carbocycles. The van der Waals surface area contributed by atoms with Crippen molar-refractivity contribution < 1.29 is 9.47 Å². The molecule has 5 heteroatoms. The molecule has 2 rings (SSSR count). The lowest BCUT2D eigenvalue weighted by molar-refractivity contribution is -0.0564. The molecule has 1 aliphatic rings. The maximum absolute atomic E-state index is 7.55. The number of rotatable bonds is 5. The summed E-state index contributed by atoms with van der Waals surface area (Å²) in [7, 11) is 0. The van der Waals surface area contributed by atoms with E-state index < -0.39 is 0 Å². The Labute approximate surface area is 120 Å². The molecule has 1 saturated heterocycles. The summed E-state index contributed by atoms with van der Waals surface area (Å²) in [6.07, 6.45) is 0.0613. The maximum atomic E-state index is 7.55. The molecule has 1 aromatic carbocycles. The molecule has 1 aromatic rings. The van der Waals surface area contributed by atoms with E-state index in [4.69, 9.17) is 20.6 Å². The fraction of sp³-hybridized carbons (Fsp3) is 0.533. The van der Waals surface area contributed by atoms with Gasteiger partial charge in [0.15, 0.2) is 0 Å². The fourth-order valence-electron chi connectivity index (χ4n) is 2.31. The quantitative estimate of drug-likeness (QED) is 0.631. The van der Waals surface area contributed by atoms with Crippen LogP contribution in [0.5, 0.6) is 5.75 Å². The Morgan fingerprint density at radius 2 is 2.25 bits per heavy atom. The van der Waals surface area contributed by atoms with Crippen molar-refractivity contribution in [2.24, 2.45) is 5.73 Å². The Morgan fingerprint density at radius 3 is 2.95 bits per heavy atom. The number of amidine groups is 1. The zero-order chi connectivity index (χ0) is 14.5. The first-order chi connectivity index (χ1) is 9.58. The van der Waals surface area contributed by atoms with Gasteiger partial charge in [0.2, 0.25) is 0 Å². The van der Waals surface area contributed by atoms with Crippen molar-refractivity contribution in [1.82, 2.24) is 4.90 Å². The molecular weight excluding hydrogens is 254 g/mol. The number of ether oxygens (including phenoxy) is 2. The van der Waals surface area contributed by atoms with Crippen LogP contribution in [-0.4, -0.2) is 49.2 Å². The largest absolute Gasteiger partial charge is 0.490 e. The van der Waals surface area contributed by atoms with Crippen LogP contribution in [-0.2, 0) is 4.74 Å². The second-order valence-electron chi connectivity index (χ2n) is 5.30. The molecule has 0 radical (unpaired) electrons. The highest BCUT2D eigenvalue weighted by Gasteiger charge is 2.23. The van der Waals surface area contributed by atoms with Gasteiger partial charge in [-0.1, -0.05) is 12.1 Å². The van der Waals surface area contributed by atoms with Gasteiger partial charge in [-0.05, 0) is 26.0 Å². The summed E-state index contributed by atoms with van der Waals surface area (Å²) < 4.78 is 11.5. The summed E-state index contributed by atoms with van der Waals surface area (Å²) in [6.45, 7) is 7.44. The predicted molar refractivity (Wildman–Crippen MR) is 79.4 cm³/mol. The van der Waals surface area contributed by atoms with Crippen molar-refractivity contribution in [3.63, 3.8) is 0 Å². The first-order valence-corrected chi connectivity index (χ1v) is 7.00. The average molecular weight is 277 g/mol. The standard InChI is InChI=1S/C15H23N3O2/c1-11(2)18-7-8-19-12(9-18)10-20-14-6-4-3-5-13(14)15(16)17/h3-6,11-12H,7-10H2,1-2H3,(H3,16,17). The summed E-state index contributed by atoms with van der Waals surface area (Å²) in [4.78, 5) is 2.38. The van der Waals surface area contributed by atoms with E-state index in [0.717, 1.165) is 19.7 Å². The molecule has 0 bridgehead atoms. The van der Waals surface area contributed by atoms with Crippen LogP contribution >= 0.6 is 0 Å². The van der Waals surface area contributed by atoms with Crippen molar-refractivity contribution in [1.29, 1.82) is 5.41 Å². The van der Waals surface area contributed by atoms with E-state index >= 15 is 0 Å². The van der Waals surface area contributed by atoms with E-state index in [9.17, 15) is 0 Å². The van der Waals surface area contributed by atoms with Gasteiger partial charge in [0.05, 0.1) is 12.2 Å². The van der Waals surface area contributed by atoms with Crippen LogP contribution in [0.4, 0.5) is 0 Å². The Morgan fingerprint density at radius 1 is 1.50 bits per heavy atom. The number of benzene rings is 1. The molecule has 1 fully saturated rings. The highest BCUT2D eigenvalue weighted by molar-refractivity contribution is 5.97. The molecule has 20 heavy (non-hydrogen) atoms. The number of morpholine rings is 1. The number of hydrogen-bond acceptors (Lipinski definition) is 4. The lowest BCUT2D eigenvalue weighted by Crippen LogP contribution is -2.47. The molecule has 0 amide bonds. The van der Waals surface area contributed by atoms with Crippen LogP contribution < -0.4 is 10.5 Å². The van der Waals surface area contributed by atoms with Crippen molar-refractivity contribution in [2.45, 2.75) is 26.0 Å². The van der Waals surface area contributed by atoms with Gasteiger partial charge in [-0.3, -0.25) is 10.3 Å². The Hall–Kier alpha value is -1.59. The number of nitrogens with zero attached hydrogens (tertiary/aromatic N) is 1. The minimum Gasteiger partial charge on any atom is -0.490 e. The molecular formula is C15H23N3O2. The van der Waals surface area contributed by atoms with E-state index in [1.54, 1.807) is 6.07 Å². The molecule has 1 atom stereocenters. The van der Waals surface area contributed by atoms with E-state index in [2.05, 4.69) is 18.7 Å². The van der Waals surface area contributed by atoms with E-state index in [1.165, 1.54) is 0 Å². The van der Waals surface area contributed by atoms with Crippen LogP contribution in [0.15, 0.2) is 24.3 Å². The minimum absolute atomic E-state index is 0.0222. The van der Waals surface area contributed by atoms with Gasteiger partial charge in [0, 0.05) is 19.1 Å². The zero-order valence-corrected chi connectivity index (χ0v) is 12.1. The summed E-state index contributed by atoms with van der Waals surface area (Å²) in [5, 5.41) is 7.55. The van der Waals surface area contributed by atoms with Crippen LogP contribution in [0.1, 0.15) is 19.4 Å². The summed E-state index contributed by atoms with van der Waals surface area (Å²) in [5.74, 6) is 0.666. The lowest BCUT2D eigenvalue weighted by atomic mass is 10.2. The first-order valence-electron chi connectivity index (χ1n) is 7.00. The molecule has 0 spiro atoms. The number of para-hydroxylation sites is 1. The smallest absolute Gasteiger partial charge is 0.130 e. The van der Waals surface area contributed by atoms with Crippen molar-refractivity contribution in [2.75, 3.05) is 26.3 Å². The predicted octanol–water partition coefficient (Wildman–Crippen LogP) is 1.46. The van der Waals surface area contributed by atoms with Crippen molar-refractivity contribution >= 4 is 5.84 Å². The maximum Gasteiger partial charge on any atom is 0.130 e. The molecule has 1 heterocycles. The topological polar surface area (TPSA) is 71.6 Å². The van der Waals surface area contributed by atoms with E-state index in [1.807, 2.05) is 18.2 Å². The highest BCUT2D eigenvalue weighted by Crippen LogP contribution is 2.18. The minimum atomic E-state index is 0.0222. The monoisotopic (exact) mass is 277 g/mol. The van der Waals surface area contributed by atoms with Crippen LogP contribution in [0.25, 0.3) is 0 Å². The molecule has 3 N–H and O–H groups in total. The summed E-state index contributed by atoms with van der Waals surface area (Å²) in [6, 6.07) is 7.87. The third-order valence-electron chi connectivity index (χ3n) is 3.50. The second-order valence-corrected chi connectivity index (χ2v) is 5.30. The lowest BCUT2D eigenvalue weighted by Gasteiger charge is -2.35. The fourth-order valence-corrected chi connectivity index (χ4v) is 2.31. The number of nitrogens with two attached hydrogens (primary N) is 1. The molecule has 1 unspecified atom stereocenters. The zero-order valence-electron chi connectivity index (χ0n) is 12.1. The highest BCUT2D eigenvalue weighted by atomic mass is 16.5. The Kier molecular flexibility index (Phi) is 4.98. The summed E-state index contributed by atoms with van der Waals surface area (Å²) in [5.41, 5.74) is 6.18. The third kappa shape index (κ3) is 3.71. The van der Waals surface area contributed by atoms with Crippen molar-refractivity contribution in [3.8, 4) is 5.75 Å². The van der Waals surface area contributed by atoms with Crippen LogP contribution in [0, 0.1) is 5.41 Å². The first kappa shape index (κ1) is 14.8. The van der Waals surface area contributed by atoms with Crippen molar-refractivity contribution in [3.05, 3.63) is 29.8 Å². The van der Waals surface area contributed by atoms with E-state index in [-0.39, 0.29) is 11.9 Å². The number of hydrogen-bond donors (Lipinski definition) is 2. The summed E-state index contributed by atoms with van der Waals surface area (Å²) >= 11 is 0. The Balaban J connectivity index is 1.94. The van der Waals surface area contributed by atoms with Gasteiger partial charge in [0.25, 0.3) is 0 Å². The third-order valence-corrected chi connectivity index (χ3v) is 3.50. The molecule has 1 aliphatic heterocycles. The molecule has 0 aromatic heterocycles. The van der Waals surface area contributed by atoms with Gasteiger partial charge < -0.3 is 15.2 Å². The van der Waals surface area contributed by atoms with Gasteiger partial charge >= 0.3 is 0 Å².